The van der Waals surface area contributed by atoms with Gasteiger partial charge in [-0.2, -0.15) is 0 Å². The fourth-order valence-electron chi connectivity index (χ4n) is 4.13. The molecule has 0 aromatic rings. The highest BCUT2D eigenvalue weighted by Crippen LogP contribution is 2.68. The second kappa shape index (κ2) is 2.08. The Labute approximate surface area is 79.2 Å². The van der Waals surface area contributed by atoms with Gasteiger partial charge in [-0.1, -0.05) is 18.6 Å². The van der Waals surface area contributed by atoms with E-state index >= 15 is 0 Å². The molecule has 0 aromatic heterocycles. The molecular formula is C12H16O. The first-order chi connectivity index (χ1) is 6.14. The van der Waals surface area contributed by atoms with Crippen molar-refractivity contribution in [3.8, 4) is 0 Å². The molecule has 4 bridgehead atoms. The lowest BCUT2D eigenvalue weighted by Crippen LogP contribution is -2.63. The van der Waals surface area contributed by atoms with Gasteiger partial charge in [0.2, 0.25) is 0 Å². The molecule has 70 valence electrons. The normalized spacial score (nSPS) is 52.6. The first-order valence-corrected chi connectivity index (χ1v) is 5.34. The lowest BCUT2D eigenvalue weighted by atomic mass is 9.37. The van der Waals surface area contributed by atoms with Crippen LogP contribution in [0.4, 0.5) is 0 Å². The molecule has 0 radical (unpaired) electrons. The molecule has 1 heteroatoms. The van der Waals surface area contributed by atoms with Crippen LogP contribution in [0, 0.1) is 23.2 Å². The number of ketones is 1. The predicted molar refractivity (Wildman–Crippen MR) is 51.2 cm³/mol. The lowest BCUT2D eigenvalue weighted by Gasteiger charge is -2.65. The summed E-state index contributed by atoms with van der Waals surface area (Å²) in [4.78, 5) is 11.7. The van der Waals surface area contributed by atoms with E-state index in [9.17, 15) is 4.79 Å². The van der Waals surface area contributed by atoms with E-state index in [0.29, 0.717) is 29.0 Å². The summed E-state index contributed by atoms with van der Waals surface area (Å²) in [5.41, 5.74) is 1.99. The van der Waals surface area contributed by atoms with Crippen molar-refractivity contribution < 1.29 is 4.79 Å². The van der Waals surface area contributed by atoms with Gasteiger partial charge in [0.15, 0.2) is 0 Å². The van der Waals surface area contributed by atoms with E-state index in [1.54, 1.807) is 0 Å². The van der Waals surface area contributed by atoms with Gasteiger partial charge in [0.05, 0.1) is 0 Å². The van der Waals surface area contributed by atoms with Gasteiger partial charge >= 0.3 is 0 Å². The fraction of sp³-hybridized carbons (Fsp3) is 0.750. The Morgan fingerprint density at radius 3 is 2.92 bits per heavy atom. The third kappa shape index (κ3) is 0.685. The monoisotopic (exact) mass is 176 g/mol. The van der Waals surface area contributed by atoms with Gasteiger partial charge in [-0.3, -0.25) is 4.79 Å². The van der Waals surface area contributed by atoms with Gasteiger partial charge in [0.25, 0.3) is 0 Å². The average Bonchev–Trinajstić information content (AvgIpc) is 2.10. The molecule has 0 amide bonds. The molecule has 2 saturated carbocycles. The SMILES string of the molecule is CC1=CCC2C3C(=O)CCC2(C)C13. The van der Waals surface area contributed by atoms with Crippen molar-refractivity contribution in [1.82, 2.24) is 0 Å². The number of Topliss-reactive ketones (excluding diaryl/α,β-unsaturated/α-hetero) is 1. The van der Waals surface area contributed by atoms with E-state index < -0.39 is 0 Å². The topological polar surface area (TPSA) is 17.1 Å². The van der Waals surface area contributed by atoms with Gasteiger partial charge < -0.3 is 0 Å². The van der Waals surface area contributed by atoms with E-state index in [2.05, 4.69) is 19.9 Å². The Kier molecular flexibility index (Phi) is 1.24. The van der Waals surface area contributed by atoms with Gasteiger partial charge in [0, 0.05) is 12.3 Å². The molecule has 4 aliphatic carbocycles. The Hall–Kier alpha value is -0.590. The highest BCUT2D eigenvalue weighted by molar-refractivity contribution is 5.85. The molecule has 0 heterocycles. The summed E-state index contributed by atoms with van der Waals surface area (Å²) in [6.45, 7) is 4.60. The van der Waals surface area contributed by atoms with E-state index in [-0.39, 0.29) is 0 Å². The maximum atomic E-state index is 11.7. The van der Waals surface area contributed by atoms with Crippen LogP contribution in [0.2, 0.25) is 0 Å². The minimum absolute atomic E-state index is 0.420. The number of hydrogen-bond acceptors (Lipinski definition) is 1. The van der Waals surface area contributed by atoms with Crippen LogP contribution in [0.25, 0.3) is 0 Å². The minimum Gasteiger partial charge on any atom is -0.299 e. The van der Waals surface area contributed by atoms with Crippen LogP contribution in [0.5, 0.6) is 0 Å². The molecule has 4 atom stereocenters. The molecule has 0 saturated heterocycles. The zero-order chi connectivity index (χ0) is 9.22. The maximum absolute atomic E-state index is 11.7. The number of rotatable bonds is 0. The van der Waals surface area contributed by atoms with E-state index in [4.69, 9.17) is 0 Å². The Balaban J connectivity index is 2.07. The van der Waals surface area contributed by atoms with E-state index in [0.717, 1.165) is 19.3 Å². The average molecular weight is 176 g/mol. The van der Waals surface area contributed by atoms with E-state index in [1.807, 2.05) is 0 Å². The quantitative estimate of drug-likeness (QED) is 0.518. The largest absolute Gasteiger partial charge is 0.299 e. The summed E-state index contributed by atoms with van der Waals surface area (Å²) in [5, 5.41) is 0. The fourth-order valence-corrected chi connectivity index (χ4v) is 4.13. The van der Waals surface area contributed by atoms with Gasteiger partial charge in [-0.25, -0.2) is 0 Å². The van der Waals surface area contributed by atoms with Gasteiger partial charge in [-0.05, 0) is 37.0 Å². The van der Waals surface area contributed by atoms with Crippen molar-refractivity contribution in [3.63, 3.8) is 0 Å². The lowest BCUT2D eigenvalue weighted by molar-refractivity contribution is -0.169. The van der Waals surface area contributed by atoms with Crippen molar-refractivity contribution in [1.29, 1.82) is 0 Å². The first-order valence-electron chi connectivity index (χ1n) is 5.34. The molecule has 0 spiro atoms. The summed E-state index contributed by atoms with van der Waals surface area (Å²) in [6, 6.07) is 0. The summed E-state index contributed by atoms with van der Waals surface area (Å²) in [7, 11) is 0. The first kappa shape index (κ1) is 7.78. The number of hydrogen-bond donors (Lipinski definition) is 0. The number of carbonyl (C=O) groups excluding carboxylic acids is 1. The van der Waals surface area contributed by atoms with Gasteiger partial charge in [-0.15, -0.1) is 0 Å². The predicted octanol–water partition coefficient (Wildman–Crippen LogP) is 2.57. The number of allylic oxidation sites excluding steroid dienone is 2. The van der Waals surface area contributed by atoms with Crippen molar-refractivity contribution in [3.05, 3.63) is 11.6 Å². The third-order valence-corrected chi connectivity index (χ3v) is 4.82. The van der Waals surface area contributed by atoms with Crippen LogP contribution in [0.3, 0.4) is 0 Å². The highest BCUT2D eigenvalue weighted by atomic mass is 16.1. The number of fused-ring (bicyclic) bond motifs is 1. The molecule has 13 heavy (non-hydrogen) atoms. The van der Waals surface area contributed by atoms with Crippen molar-refractivity contribution in [2.45, 2.75) is 33.1 Å². The Morgan fingerprint density at radius 2 is 2.31 bits per heavy atom. The molecule has 4 unspecified atom stereocenters. The smallest absolute Gasteiger partial charge is 0.136 e. The Morgan fingerprint density at radius 1 is 1.54 bits per heavy atom. The van der Waals surface area contributed by atoms with Crippen LogP contribution >= 0.6 is 0 Å². The molecule has 4 rings (SSSR count). The van der Waals surface area contributed by atoms with Crippen molar-refractivity contribution in [2.75, 3.05) is 0 Å². The highest BCUT2D eigenvalue weighted by Gasteiger charge is 2.65. The second-order valence-corrected chi connectivity index (χ2v) is 5.27. The minimum atomic E-state index is 0.420. The van der Waals surface area contributed by atoms with Crippen LogP contribution in [0.15, 0.2) is 11.6 Å². The molecule has 0 N–H and O–H groups in total. The molecule has 0 aromatic carbocycles. The zero-order valence-corrected chi connectivity index (χ0v) is 8.34. The summed E-state index contributed by atoms with van der Waals surface area (Å²) >= 11 is 0. The summed E-state index contributed by atoms with van der Waals surface area (Å²) in [6.07, 6.45) is 5.51. The molecule has 1 nitrogen and oxygen atoms in total. The Bertz CT molecular complexity index is 315. The van der Waals surface area contributed by atoms with Crippen molar-refractivity contribution >= 4 is 5.78 Å². The molecule has 4 aliphatic rings. The van der Waals surface area contributed by atoms with E-state index in [1.165, 1.54) is 5.57 Å². The van der Waals surface area contributed by atoms with Crippen molar-refractivity contribution in [2.24, 2.45) is 23.2 Å². The second-order valence-electron chi connectivity index (χ2n) is 5.27. The summed E-state index contributed by atoms with van der Waals surface area (Å²) in [5.74, 6) is 2.28. The molecular weight excluding hydrogens is 160 g/mol. The molecule has 2 fully saturated rings. The zero-order valence-electron chi connectivity index (χ0n) is 8.34. The summed E-state index contributed by atoms with van der Waals surface area (Å²) < 4.78 is 0. The van der Waals surface area contributed by atoms with Gasteiger partial charge in [0.1, 0.15) is 5.78 Å². The molecule has 0 aliphatic heterocycles. The number of carbonyl (C=O) groups is 1. The maximum Gasteiger partial charge on any atom is 0.136 e. The standard InChI is InChI=1S/C12H16O/c1-7-3-4-8-10-9(13)5-6-12(8,2)11(7)10/h3,8,10-11H,4-6H2,1-2H3. The third-order valence-electron chi connectivity index (χ3n) is 4.82. The van der Waals surface area contributed by atoms with Crippen LogP contribution < -0.4 is 0 Å². The van der Waals surface area contributed by atoms with Crippen LogP contribution in [-0.2, 0) is 4.79 Å². The van der Waals surface area contributed by atoms with Crippen LogP contribution in [0.1, 0.15) is 33.1 Å². The van der Waals surface area contributed by atoms with Crippen LogP contribution in [-0.4, -0.2) is 5.78 Å².